The average molecular weight is 498 g/mol. The van der Waals surface area contributed by atoms with Crippen molar-refractivity contribution in [3.8, 4) is 5.75 Å². The van der Waals surface area contributed by atoms with Crippen LogP contribution in [0.25, 0.3) is 0 Å². The van der Waals surface area contributed by atoms with Gasteiger partial charge in [0, 0.05) is 12.6 Å². The number of aromatic nitrogens is 1. The molecular formula is C29H27N3O5. The van der Waals surface area contributed by atoms with Gasteiger partial charge in [0.1, 0.15) is 12.0 Å². The van der Waals surface area contributed by atoms with E-state index in [1.807, 2.05) is 48.2 Å². The van der Waals surface area contributed by atoms with Gasteiger partial charge < -0.3 is 23.8 Å². The van der Waals surface area contributed by atoms with Crippen LogP contribution in [0.4, 0.5) is 0 Å². The van der Waals surface area contributed by atoms with E-state index in [1.54, 1.807) is 12.1 Å². The van der Waals surface area contributed by atoms with Crippen molar-refractivity contribution in [2.45, 2.75) is 44.9 Å². The van der Waals surface area contributed by atoms with Crippen molar-refractivity contribution >= 4 is 11.8 Å². The SMILES string of the molecule is Cc1cccc([C@H]2c3cc(OCc4nc(C(=O)NC5CC5)co4)ccc3CCN2C(=O)c2ccco2)c1. The summed E-state index contributed by atoms with van der Waals surface area (Å²) in [6, 6.07) is 17.5. The molecular weight excluding hydrogens is 470 g/mol. The summed E-state index contributed by atoms with van der Waals surface area (Å²) in [5.41, 5.74) is 4.57. The zero-order valence-corrected chi connectivity index (χ0v) is 20.5. The Bertz CT molecular complexity index is 1440. The van der Waals surface area contributed by atoms with E-state index in [1.165, 1.54) is 12.5 Å². The normalized spacial score (nSPS) is 16.8. The van der Waals surface area contributed by atoms with Crippen LogP contribution in [0.15, 0.2) is 76.0 Å². The molecule has 6 rings (SSSR count). The van der Waals surface area contributed by atoms with Gasteiger partial charge in [-0.05, 0) is 67.1 Å². The first-order valence-corrected chi connectivity index (χ1v) is 12.5. The molecule has 2 aromatic carbocycles. The fourth-order valence-electron chi connectivity index (χ4n) is 4.76. The maximum absolute atomic E-state index is 13.4. The van der Waals surface area contributed by atoms with Gasteiger partial charge in [-0.15, -0.1) is 0 Å². The number of ether oxygens (including phenoxy) is 1. The average Bonchev–Trinajstić information content (AvgIpc) is 3.35. The van der Waals surface area contributed by atoms with Crippen molar-refractivity contribution in [2.24, 2.45) is 0 Å². The maximum Gasteiger partial charge on any atom is 0.290 e. The van der Waals surface area contributed by atoms with Crippen molar-refractivity contribution < 1.29 is 23.2 Å². The number of nitrogens with zero attached hydrogens (tertiary/aromatic N) is 2. The Kier molecular flexibility index (Phi) is 6.00. The Labute approximate surface area is 214 Å². The molecule has 1 aliphatic carbocycles. The fraction of sp³-hybridized carbons (Fsp3) is 0.276. The Morgan fingerprint density at radius 2 is 2.00 bits per heavy atom. The zero-order chi connectivity index (χ0) is 25.4. The number of benzene rings is 2. The van der Waals surface area contributed by atoms with Gasteiger partial charge in [-0.2, -0.15) is 0 Å². The minimum atomic E-state index is -0.288. The molecule has 0 spiro atoms. The van der Waals surface area contributed by atoms with E-state index in [4.69, 9.17) is 13.6 Å². The molecule has 37 heavy (non-hydrogen) atoms. The summed E-state index contributed by atoms with van der Waals surface area (Å²) in [5.74, 6) is 0.896. The lowest BCUT2D eigenvalue weighted by molar-refractivity contribution is 0.0661. The van der Waals surface area contributed by atoms with Gasteiger partial charge in [0.05, 0.1) is 12.3 Å². The van der Waals surface area contributed by atoms with Crippen LogP contribution in [-0.4, -0.2) is 34.3 Å². The molecule has 2 aromatic heterocycles. The van der Waals surface area contributed by atoms with Crippen molar-refractivity contribution in [1.29, 1.82) is 0 Å². The van der Waals surface area contributed by atoms with E-state index in [9.17, 15) is 9.59 Å². The molecule has 0 bridgehead atoms. The van der Waals surface area contributed by atoms with Crippen LogP contribution in [-0.2, 0) is 13.0 Å². The summed E-state index contributed by atoms with van der Waals surface area (Å²) < 4.78 is 16.9. The van der Waals surface area contributed by atoms with Crippen LogP contribution in [0.2, 0.25) is 0 Å². The number of amides is 2. The lowest BCUT2D eigenvalue weighted by Crippen LogP contribution is -2.40. The topological polar surface area (TPSA) is 97.8 Å². The first kappa shape index (κ1) is 23.1. The minimum absolute atomic E-state index is 0.0830. The predicted octanol–water partition coefficient (Wildman–Crippen LogP) is 4.84. The summed E-state index contributed by atoms with van der Waals surface area (Å²) in [7, 11) is 0. The third-order valence-electron chi connectivity index (χ3n) is 6.76. The molecule has 0 unspecified atom stereocenters. The highest BCUT2D eigenvalue weighted by molar-refractivity contribution is 5.92. The standard InChI is InChI=1S/C29H27N3O5/c1-18-4-2-5-20(14-18)27-23-15-22(36-17-26-31-24(16-37-26)28(33)30-21-8-9-21)10-7-19(23)11-12-32(27)29(34)25-6-3-13-35-25/h2-7,10,13-16,21,27H,8-9,11-12,17H2,1H3,(H,30,33)/t27-/m0/s1. The Morgan fingerprint density at radius 1 is 1.11 bits per heavy atom. The number of nitrogens with one attached hydrogen (secondary N) is 1. The molecule has 1 fully saturated rings. The molecule has 1 atom stereocenters. The second-order valence-electron chi connectivity index (χ2n) is 9.57. The highest BCUT2D eigenvalue weighted by Gasteiger charge is 2.34. The molecule has 1 saturated carbocycles. The number of rotatable bonds is 7. The van der Waals surface area contributed by atoms with E-state index in [2.05, 4.69) is 16.4 Å². The summed E-state index contributed by atoms with van der Waals surface area (Å²) in [6.45, 7) is 2.70. The molecule has 1 N–H and O–H groups in total. The highest BCUT2D eigenvalue weighted by Crippen LogP contribution is 2.38. The second-order valence-corrected chi connectivity index (χ2v) is 9.57. The van der Waals surface area contributed by atoms with Crippen LogP contribution >= 0.6 is 0 Å². The lowest BCUT2D eigenvalue weighted by Gasteiger charge is -2.37. The van der Waals surface area contributed by atoms with Gasteiger partial charge in [0.15, 0.2) is 18.1 Å². The van der Waals surface area contributed by atoms with E-state index >= 15 is 0 Å². The molecule has 8 heteroatoms. The van der Waals surface area contributed by atoms with E-state index in [0.29, 0.717) is 23.9 Å². The minimum Gasteiger partial charge on any atom is -0.484 e. The van der Waals surface area contributed by atoms with Crippen molar-refractivity contribution in [3.05, 3.63) is 107 Å². The van der Waals surface area contributed by atoms with Gasteiger partial charge in [0.2, 0.25) is 5.89 Å². The molecule has 8 nitrogen and oxygen atoms in total. The van der Waals surface area contributed by atoms with E-state index < -0.39 is 0 Å². The molecule has 4 aromatic rings. The van der Waals surface area contributed by atoms with Crippen LogP contribution < -0.4 is 10.1 Å². The van der Waals surface area contributed by atoms with Crippen molar-refractivity contribution in [1.82, 2.24) is 15.2 Å². The van der Waals surface area contributed by atoms with Gasteiger partial charge in [-0.25, -0.2) is 4.98 Å². The molecule has 1 aliphatic heterocycles. The third-order valence-corrected chi connectivity index (χ3v) is 6.76. The number of hydrogen-bond acceptors (Lipinski definition) is 6. The summed E-state index contributed by atoms with van der Waals surface area (Å²) in [5, 5.41) is 2.90. The first-order valence-electron chi connectivity index (χ1n) is 12.5. The molecule has 2 amide bonds. The quantitative estimate of drug-likeness (QED) is 0.393. The zero-order valence-electron chi connectivity index (χ0n) is 20.5. The number of carbonyl (C=O) groups excluding carboxylic acids is 2. The monoisotopic (exact) mass is 497 g/mol. The van der Waals surface area contributed by atoms with E-state index in [-0.39, 0.29) is 36.2 Å². The predicted molar refractivity (Wildman–Crippen MR) is 134 cm³/mol. The van der Waals surface area contributed by atoms with Gasteiger partial charge in [-0.3, -0.25) is 9.59 Å². The number of oxazole rings is 1. The largest absolute Gasteiger partial charge is 0.484 e. The second kappa shape index (κ2) is 9.61. The number of hydrogen-bond donors (Lipinski definition) is 1. The molecule has 188 valence electrons. The van der Waals surface area contributed by atoms with Gasteiger partial charge in [-0.1, -0.05) is 35.9 Å². The number of fused-ring (bicyclic) bond motifs is 1. The van der Waals surface area contributed by atoms with Crippen LogP contribution in [0.5, 0.6) is 5.75 Å². The first-order chi connectivity index (χ1) is 18.0. The third kappa shape index (κ3) is 4.87. The molecule has 2 aliphatic rings. The summed E-state index contributed by atoms with van der Waals surface area (Å²) >= 11 is 0. The van der Waals surface area contributed by atoms with Crippen LogP contribution in [0, 0.1) is 6.92 Å². The fourth-order valence-corrected chi connectivity index (χ4v) is 4.76. The Morgan fingerprint density at radius 3 is 2.78 bits per heavy atom. The summed E-state index contributed by atoms with van der Waals surface area (Å²) in [6.07, 6.45) is 5.61. The lowest BCUT2D eigenvalue weighted by atomic mass is 9.87. The molecule has 0 radical (unpaired) electrons. The number of carbonyl (C=O) groups is 2. The number of furan rings is 1. The number of aryl methyl sites for hydroxylation is 1. The van der Waals surface area contributed by atoms with Gasteiger partial charge >= 0.3 is 0 Å². The molecule has 0 saturated heterocycles. The smallest absolute Gasteiger partial charge is 0.290 e. The van der Waals surface area contributed by atoms with Crippen LogP contribution in [0.3, 0.4) is 0 Å². The van der Waals surface area contributed by atoms with E-state index in [0.717, 1.165) is 41.5 Å². The van der Waals surface area contributed by atoms with Crippen molar-refractivity contribution in [2.75, 3.05) is 6.54 Å². The summed E-state index contributed by atoms with van der Waals surface area (Å²) in [4.78, 5) is 31.7. The molecule has 3 heterocycles. The maximum atomic E-state index is 13.4. The highest BCUT2D eigenvalue weighted by atomic mass is 16.5. The Balaban J connectivity index is 1.26. The van der Waals surface area contributed by atoms with Crippen LogP contribution in [0.1, 0.15) is 68.1 Å². The Hall–Kier alpha value is -4.33. The van der Waals surface area contributed by atoms with Crippen molar-refractivity contribution in [3.63, 3.8) is 0 Å². The van der Waals surface area contributed by atoms with Gasteiger partial charge in [0.25, 0.3) is 11.8 Å².